The molecule has 16 heavy (non-hydrogen) atoms. The van der Waals surface area contributed by atoms with Gasteiger partial charge in [-0.1, -0.05) is 11.6 Å². The highest BCUT2D eigenvalue weighted by molar-refractivity contribution is 6.30. The van der Waals surface area contributed by atoms with Crippen molar-refractivity contribution in [1.82, 2.24) is 9.97 Å². The molecule has 1 atom stereocenters. The number of aliphatic hydroxyl groups excluding tert-OH is 1. The monoisotopic (exact) mass is 255 g/mol. The molecule has 0 aliphatic carbocycles. The average molecular weight is 256 g/mol. The van der Waals surface area contributed by atoms with Gasteiger partial charge in [-0.3, -0.25) is 0 Å². The Hall–Kier alpha value is -1.08. The summed E-state index contributed by atoms with van der Waals surface area (Å²) in [5, 5.41) is 11.2. The van der Waals surface area contributed by atoms with Gasteiger partial charge in [-0.2, -0.15) is 13.2 Å². The van der Waals surface area contributed by atoms with Gasteiger partial charge in [0.05, 0.1) is 6.54 Å². The molecule has 0 aliphatic rings. The molecule has 0 spiro atoms. The third-order valence-corrected chi connectivity index (χ3v) is 2.24. The van der Waals surface area contributed by atoms with Crippen LogP contribution < -0.4 is 5.32 Å². The van der Waals surface area contributed by atoms with E-state index >= 15 is 0 Å². The van der Waals surface area contributed by atoms with E-state index < -0.39 is 18.8 Å². The van der Waals surface area contributed by atoms with E-state index in [1.165, 1.54) is 0 Å². The minimum Gasteiger partial charge on any atom is -0.382 e. The van der Waals surface area contributed by atoms with Crippen LogP contribution in [0.15, 0.2) is 6.33 Å². The topological polar surface area (TPSA) is 58.0 Å². The van der Waals surface area contributed by atoms with Crippen LogP contribution in [0.5, 0.6) is 0 Å². The second-order valence-electron chi connectivity index (χ2n) is 3.08. The molecule has 0 saturated carbocycles. The van der Waals surface area contributed by atoms with E-state index in [0.717, 1.165) is 6.33 Å². The maximum atomic E-state index is 12.0. The zero-order chi connectivity index (χ0) is 12.3. The first-order valence-electron chi connectivity index (χ1n) is 4.28. The molecule has 0 amide bonds. The van der Waals surface area contributed by atoms with E-state index in [4.69, 9.17) is 16.7 Å². The zero-order valence-electron chi connectivity index (χ0n) is 8.22. The van der Waals surface area contributed by atoms with E-state index in [-0.39, 0.29) is 11.0 Å². The molecule has 2 N–H and O–H groups in total. The highest BCUT2D eigenvalue weighted by Gasteiger charge is 2.37. The van der Waals surface area contributed by atoms with Crippen molar-refractivity contribution in [3.05, 3.63) is 17.0 Å². The predicted octanol–water partition coefficient (Wildman–Crippen LogP) is 1.77. The van der Waals surface area contributed by atoms with Gasteiger partial charge >= 0.3 is 6.18 Å². The summed E-state index contributed by atoms with van der Waals surface area (Å²) in [5.74, 6) is 0.170. The molecular weight excluding hydrogens is 247 g/mol. The van der Waals surface area contributed by atoms with Gasteiger partial charge in [0.2, 0.25) is 0 Å². The van der Waals surface area contributed by atoms with Crippen molar-refractivity contribution in [2.45, 2.75) is 19.2 Å². The quantitative estimate of drug-likeness (QED) is 0.809. The lowest BCUT2D eigenvalue weighted by atomic mass is 10.3. The van der Waals surface area contributed by atoms with Crippen LogP contribution in [0, 0.1) is 6.92 Å². The van der Waals surface area contributed by atoms with Crippen LogP contribution in [0.1, 0.15) is 5.56 Å². The average Bonchev–Trinajstić information content (AvgIpc) is 2.18. The lowest BCUT2D eigenvalue weighted by molar-refractivity contribution is -0.198. The molecule has 0 saturated heterocycles. The lowest BCUT2D eigenvalue weighted by Crippen LogP contribution is -2.35. The minimum absolute atomic E-state index is 0.152. The molecule has 1 aromatic heterocycles. The van der Waals surface area contributed by atoms with E-state index in [9.17, 15) is 13.2 Å². The Bertz CT molecular complexity index is 372. The number of nitrogens with zero attached hydrogens (tertiary/aromatic N) is 2. The third kappa shape index (κ3) is 3.21. The fraction of sp³-hybridized carbons (Fsp3) is 0.500. The first-order chi connectivity index (χ1) is 7.32. The Kier molecular flexibility index (Phi) is 3.93. The molecule has 90 valence electrons. The van der Waals surface area contributed by atoms with Gasteiger partial charge in [0, 0.05) is 5.56 Å². The summed E-state index contributed by atoms with van der Waals surface area (Å²) in [6, 6.07) is 0. The Morgan fingerprint density at radius 2 is 2.12 bits per heavy atom. The number of aliphatic hydroxyl groups is 1. The largest absolute Gasteiger partial charge is 0.416 e. The van der Waals surface area contributed by atoms with Crippen molar-refractivity contribution >= 4 is 17.4 Å². The van der Waals surface area contributed by atoms with E-state index in [1.54, 1.807) is 6.92 Å². The van der Waals surface area contributed by atoms with Crippen molar-refractivity contribution < 1.29 is 18.3 Å². The van der Waals surface area contributed by atoms with Crippen LogP contribution >= 0.6 is 11.6 Å². The van der Waals surface area contributed by atoms with Crippen LogP contribution in [-0.2, 0) is 0 Å². The lowest BCUT2D eigenvalue weighted by Gasteiger charge is -2.16. The van der Waals surface area contributed by atoms with Gasteiger partial charge in [-0.05, 0) is 6.92 Å². The van der Waals surface area contributed by atoms with Gasteiger partial charge < -0.3 is 10.4 Å². The number of rotatable bonds is 3. The second kappa shape index (κ2) is 4.84. The number of hydrogen-bond acceptors (Lipinski definition) is 4. The van der Waals surface area contributed by atoms with Crippen molar-refractivity contribution in [2.24, 2.45) is 0 Å². The normalized spacial score (nSPS) is 13.6. The summed E-state index contributed by atoms with van der Waals surface area (Å²) >= 11 is 5.64. The molecule has 1 rings (SSSR count). The first kappa shape index (κ1) is 13.0. The molecule has 0 aromatic carbocycles. The summed E-state index contributed by atoms with van der Waals surface area (Å²) in [7, 11) is 0. The first-order valence-corrected chi connectivity index (χ1v) is 4.66. The fourth-order valence-corrected chi connectivity index (χ4v) is 1.05. The summed E-state index contributed by atoms with van der Waals surface area (Å²) in [6.45, 7) is 0.877. The van der Waals surface area contributed by atoms with Crippen LogP contribution in [0.2, 0.25) is 5.15 Å². The molecule has 4 nitrogen and oxygen atoms in total. The van der Waals surface area contributed by atoms with Crippen molar-refractivity contribution in [3.63, 3.8) is 0 Å². The highest BCUT2D eigenvalue weighted by Crippen LogP contribution is 2.22. The maximum Gasteiger partial charge on any atom is 0.416 e. The number of aromatic nitrogens is 2. The van der Waals surface area contributed by atoms with Crippen molar-refractivity contribution in [3.8, 4) is 0 Å². The van der Waals surface area contributed by atoms with E-state index in [0.29, 0.717) is 5.56 Å². The molecular formula is C8H9ClF3N3O. The van der Waals surface area contributed by atoms with Gasteiger partial charge in [-0.15, -0.1) is 0 Å². The van der Waals surface area contributed by atoms with Gasteiger partial charge in [-0.25, -0.2) is 9.97 Å². The molecule has 0 bridgehead atoms. The summed E-state index contributed by atoms with van der Waals surface area (Å²) in [4.78, 5) is 7.35. The smallest absolute Gasteiger partial charge is 0.382 e. The van der Waals surface area contributed by atoms with Crippen LogP contribution in [0.25, 0.3) is 0 Å². The van der Waals surface area contributed by atoms with Crippen LogP contribution in [0.3, 0.4) is 0 Å². The molecule has 1 heterocycles. The zero-order valence-corrected chi connectivity index (χ0v) is 8.97. The molecule has 0 fully saturated rings. The molecule has 1 unspecified atom stereocenters. The van der Waals surface area contributed by atoms with Gasteiger partial charge in [0.25, 0.3) is 0 Å². The Balaban J connectivity index is 2.65. The molecule has 8 heteroatoms. The Morgan fingerprint density at radius 1 is 1.50 bits per heavy atom. The second-order valence-corrected chi connectivity index (χ2v) is 3.43. The van der Waals surface area contributed by atoms with Gasteiger partial charge in [0.15, 0.2) is 6.10 Å². The number of halogens is 4. The molecule has 0 radical (unpaired) electrons. The Morgan fingerprint density at radius 3 is 2.69 bits per heavy atom. The maximum absolute atomic E-state index is 12.0. The van der Waals surface area contributed by atoms with Crippen LogP contribution in [0.4, 0.5) is 19.0 Å². The number of hydrogen-bond donors (Lipinski definition) is 2. The molecule has 1 aromatic rings. The van der Waals surface area contributed by atoms with E-state index in [2.05, 4.69) is 15.3 Å². The van der Waals surface area contributed by atoms with E-state index in [1.807, 2.05) is 0 Å². The SMILES string of the molecule is Cc1c(Cl)ncnc1NCC(O)C(F)(F)F. The third-order valence-electron chi connectivity index (χ3n) is 1.86. The van der Waals surface area contributed by atoms with Crippen molar-refractivity contribution in [2.75, 3.05) is 11.9 Å². The van der Waals surface area contributed by atoms with Gasteiger partial charge in [0.1, 0.15) is 17.3 Å². The number of nitrogens with one attached hydrogen (secondary N) is 1. The minimum atomic E-state index is -4.66. The standard InChI is InChI=1S/C8H9ClF3N3O/c1-4-6(9)14-3-15-7(4)13-2-5(16)8(10,11)12/h3,5,16H,2H2,1H3,(H,13,14,15). The number of alkyl halides is 3. The van der Waals surface area contributed by atoms with Crippen LogP contribution in [-0.4, -0.2) is 33.9 Å². The molecule has 0 aliphatic heterocycles. The fourth-order valence-electron chi connectivity index (χ4n) is 0.916. The Labute approximate surface area is 94.5 Å². The summed E-state index contributed by atoms with van der Waals surface area (Å²) < 4.78 is 35.9. The summed E-state index contributed by atoms with van der Waals surface area (Å²) in [5.41, 5.74) is 0.429. The summed E-state index contributed by atoms with van der Waals surface area (Å²) in [6.07, 6.45) is -5.98. The predicted molar refractivity (Wildman–Crippen MR) is 52.3 cm³/mol. The van der Waals surface area contributed by atoms with Crippen molar-refractivity contribution in [1.29, 1.82) is 0 Å². The highest BCUT2D eigenvalue weighted by atomic mass is 35.5. The number of anilines is 1.